The van der Waals surface area contributed by atoms with Crippen LogP contribution in [0.1, 0.15) is 106 Å². The van der Waals surface area contributed by atoms with Crippen molar-refractivity contribution in [3.8, 4) is 23.7 Å². The lowest BCUT2D eigenvalue weighted by Gasteiger charge is -2.30. The van der Waals surface area contributed by atoms with E-state index in [1.54, 1.807) is 22.2 Å². The first-order valence-corrected chi connectivity index (χ1v) is 20.4. The minimum absolute atomic E-state index is 0.127. The van der Waals surface area contributed by atoms with E-state index in [4.69, 9.17) is 19.4 Å². The average molecular weight is 879 g/mol. The highest BCUT2D eigenvalue weighted by Crippen LogP contribution is 2.36. The number of rotatable bonds is 9. The third-order valence-corrected chi connectivity index (χ3v) is 10.9. The Bertz CT molecular complexity index is 2040. The molecule has 2 fully saturated rings. The van der Waals surface area contributed by atoms with Crippen LogP contribution in [0, 0.1) is 47.4 Å². The van der Waals surface area contributed by atoms with Gasteiger partial charge >= 0.3 is 12.2 Å². The summed E-state index contributed by atoms with van der Waals surface area (Å²) in [6.07, 6.45) is 3.71. The molecule has 4 amide bonds. The number of alkyl halides is 1. The van der Waals surface area contributed by atoms with E-state index in [0.29, 0.717) is 36.1 Å². The summed E-state index contributed by atoms with van der Waals surface area (Å²) in [4.78, 5) is 70.8. The molecule has 0 bridgehead atoms. The summed E-state index contributed by atoms with van der Waals surface area (Å²) in [5, 5.41) is 5.38. The van der Waals surface area contributed by atoms with Crippen LogP contribution in [0.4, 0.5) is 9.59 Å². The molecule has 3 aromatic rings. The van der Waals surface area contributed by atoms with Gasteiger partial charge in [0.15, 0.2) is 0 Å². The molecule has 14 nitrogen and oxygen atoms in total. The second-order valence-electron chi connectivity index (χ2n) is 15.3. The Morgan fingerprint density at radius 2 is 1.25 bits per heavy atom. The van der Waals surface area contributed by atoms with Crippen molar-refractivity contribution in [2.75, 3.05) is 27.3 Å². The molecule has 15 heteroatoms. The number of H-pyrrole nitrogens is 2. The minimum Gasteiger partial charge on any atom is -0.453 e. The van der Waals surface area contributed by atoms with Crippen molar-refractivity contribution < 1.29 is 28.7 Å². The number of imidazole rings is 2. The first-order valence-electron chi connectivity index (χ1n) is 18.9. The predicted molar refractivity (Wildman–Crippen MR) is 218 cm³/mol. The number of hydrogen-bond acceptors (Lipinski definition) is 8. The van der Waals surface area contributed by atoms with Gasteiger partial charge in [-0.15, -0.1) is 0 Å². The largest absolute Gasteiger partial charge is 0.453 e. The van der Waals surface area contributed by atoms with E-state index in [2.05, 4.69) is 80.7 Å². The molecule has 0 unspecified atom stereocenters. The summed E-state index contributed by atoms with van der Waals surface area (Å²) in [5.74, 6) is 14.1. The van der Waals surface area contributed by atoms with E-state index in [0.717, 1.165) is 34.0 Å². The monoisotopic (exact) mass is 878 g/mol. The van der Waals surface area contributed by atoms with E-state index < -0.39 is 24.3 Å². The van der Waals surface area contributed by atoms with Crippen LogP contribution >= 0.6 is 22.6 Å². The van der Waals surface area contributed by atoms with Gasteiger partial charge in [0.25, 0.3) is 0 Å². The van der Waals surface area contributed by atoms with Crippen molar-refractivity contribution in [3.63, 3.8) is 0 Å². The number of ether oxygens (including phenoxy) is 2. The summed E-state index contributed by atoms with van der Waals surface area (Å²) in [7, 11) is 2.56. The molecule has 56 heavy (non-hydrogen) atoms. The number of halogens is 1. The van der Waals surface area contributed by atoms with Crippen LogP contribution in [-0.2, 0) is 23.5 Å². The number of likely N-dealkylation sites (tertiary alicyclic amines) is 2. The van der Waals surface area contributed by atoms with Crippen LogP contribution in [-0.4, -0.2) is 93.1 Å². The lowest BCUT2D eigenvalue weighted by Crippen LogP contribution is -2.51. The van der Waals surface area contributed by atoms with Gasteiger partial charge in [-0.2, -0.15) is 0 Å². The molecule has 0 aliphatic carbocycles. The number of hydrogen-bond donors (Lipinski definition) is 4. The van der Waals surface area contributed by atoms with Gasteiger partial charge in [0.05, 0.1) is 26.3 Å². The quantitative estimate of drug-likeness (QED) is 0.125. The predicted octanol–water partition coefficient (Wildman–Crippen LogP) is 5.45. The number of aromatic amines is 2. The molecule has 0 radical (unpaired) electrons. The summed E-state index contributed by atoms with van der Waals surface area (Å²) in [5.41, 5.74) is 3.82. The Morgan fingerprint density at radius 1 is 0.786 bits per heavy atom. The van der Waals surface area contributed by atoms with Crippen LogP contribution in [0.25, 0.3) is 0 Å². The SMILES string of the molecule is COC(=O)N[C@H](C(=O)N1C[C@@H](C)C[C@H]1c1nc(C#Cc2ccc(C#Cc3c[nH]c([C@@H]4C[C@H](C)CN4C(=O)[C@@H](NC(=O)OC)C(C)C)n3)c(CI)c2)c[nH]1)C(C)C. The molecule has 4 N–H and O–H groups in total. The van der Waals surface area contributed by atoms with Gasteiger partial charge in [-0.25, -0.2) is 19.6 Å². The molecule has 2 aliphatic heterocycles. The smallest absolute Gasteiger partial charge is 0.407 e. The fourth-order valence-corrected chi connectivity index (χ4v) is 7.80. The van der Waals surface area contributed by atoms with Crippen molar-refractivity contribution in [2.45, 2.75) is 83.0 Å². The van der Waals surface area contributed by atoms with Gasteiger partial charge < -0.3 is 39.9 Å². The number of methoxy groups -OCH3 is 2. The summed E-state index contributed by atoms with van der Waals surface area (Å²) >= 11 is 2.31. The lowest BCUT2D eigenvalue weighted by molar-refractivity contribution is -0.136. The molecule has 0 spiro atoms. The Hall–Kier alpha value is -5.03. The maximum atomic E-state index is 13.6. The second-order valence-corrected chi connectivity index (χ2v) is 16.0. The molecule has 2 aromatic heterocycles. The maximum absolute atomic E-state index is 13.6. The number of nitrogens with one attached hydrogen (secondary N) is 4. The van der Waals surface area contributed by atoms with Gasteiger partial charge in [0.1, 0.15) is 35.1 Å². The number of amides is 4. The normalized spacial score (nSPS) is 20.1. The molecule has 2 aliphatic rings. The zero-order valence-electron chi connectivity index (χ0n) is 33.2. The lowest BCUT2D eigenvalue weighted by atomic mass is 10.0. The fraction of sp³-hybridized carbons (Fsp3) is 0.512. The van der Waals surface area contributed by atoms with Crippen LogP contribution in [0.3, 0.4) is 0 Å². The van der Waals surface area contributed by atoms with E-state index in [1.807, 2.05) is 45.9 Å². The number of carbonyl (C=O) groups is 4. The minimum atomic E-state index is -0.716. The highest BCUT2D eigenvalue weighted by Gasteiger charge is 2.41. The van der Waals surface area contributed by atoms with E-state index in [9.17, 15) is 19.2 Å². The van der Waals surface area contributed by atoms with Gasteiger partial charge in [-0.3, -0.25) is 9.59 Å². The van der Waals surface area contributed by atoms with Crippen LogP contribution < -0.4 is 10.6 Å². The first-order chi connectivity index (χ1) is 26.7. The average Bonchev–Trinajstić information content (AvgIpc) is 4.00. The fourth-order valence-electron chi connectivity index (χ4n) is 7.17. The highest BCUT2D eigenvalue weighted by molar-refractivity contribution is 14.1. The Balaban J connectivity index is 1.28. The molecule has 298 valence electrons. The zero-order chi connectivity index (χ0) is 40.7. The van der Waals surface area contributed by atoms with E-state index >= 15 is 0 Å². The molecule has 1 aromatic carbocycles. The molecule has 6 atom stereocenters. The number of aromatic nitrogens is 4. The van der Waals surface area contributed by atoms with Crippen molar-refractivity contribution in [1.29, 1.82) is 0 Å². The summed E-state index contributed by atoms with van der Waals surface area (Å²) < 4.78 is 10.2. The number of alkyl carbamates (subject to hydrolysis) is 2. The number of benzene rings is 1. The number of nitrogens with zero attached hydrogens (tertiary/aromatic N) is 4. The third kappa shape index (κ3) is 10.0. The van der Waals surface area contributed by atoms with Crippen LogP contribution in [0.5, 0.6) is 0 Å². The third-order valence-electron chi connectivity index (χ3n) is 10.1. The molecule has 0 saturated carbocycles. The second kappa shape index (κ2) is 18.7. The zero-order valence-corrected chi connectivity index (χ0v) is 35.3. The summed E-state index contributed by atoms with van der Waals surface area (Å²) in [6, 6.07) is 3.93. The van der Waals surface area contributed by atoms with Gasteiger partial charge in [-0.05, 0) is 72.1 Å². The first kappa shape index (κ1) is 42.1. The molecule has 2 saturated heterocycles. The van der Waals surface area contributed by atoms with Crippen molar-refractivity contribution in [3.05, 3.63) is 70.3 Å². The molecule has 4 heterocycles. The Morgan fingerprint density at radius 3 is 1.68 bits per heavy atom. The van der Waals surface area contributed by atoms with Crippen molar-refractivity contribution in [2.24, 2.45) is 23.7 Å². The highest BCUT2D eigenvalue weighted by atomic mass is 127. The van der Waals surface area contributed by atoms with E-state index in [-0.39, 0.29) is 47.6 Å². The van der Waals surface area contributed by atoms with Crippen LogP contribution in [0.15, 0.2) is 30.6 Å². The summed E-state index contributed by atoms with van der Waals surface area (Å²) in [6.45, 7) is 12.9. The van der Waals surface area contributed by atoms with Gasteiger partial charge in [0.2, 0.25) is 11.8 Å². The van der Waals surface area contributed by atoms with E-state index in [1.165, 1.54) is 14.2 Å². The standard InChI is InChI=1S/C41H51IN8O6/c1-23(2)34(47-40(53)55-7)38(51)49-21-25(5)15-32(49)36-43-19-30(45-36)13-10-27-9-11-28(29(17-27)18-42)12-14-31-20-44-37(46-31)33-16-26(6)22-50(33)39(52)35(24(3)4)48-41(54)56-8/h9,11,17,19-20,23-26,32-35H,15-16,18,21-22H2,1-8H3,(H,43,45)(H,44,46)(H,47,53)(H,48,54)/t25-,26-,32-,33-,34-,35-/m0/s1. The maximum Gasteiger partial charge on any atom is 0.407 e. The van der Waals surface area contributed by atoms with Crippen molar-refractivity contribution in [1.82, 2.24) is 40.4 Å². The molecular weight excluding hydrogens is 827 g/mol. The molecular formula is C41H51IN8O6. The van der Waals surface area contributed by atoms with Gasteiger partial charge in [-0.1, -0.05) is 76.0 Å². The topological polar surface area (TPSA) is 175 Å². The Labute approximate surface area is 342 Å². The van der Waals surface area contributed by atoms with Gasteiger partial charge in [0, 0.05) is 41.0 Å². The Kier molecular flexibility index (Phi) is 14.1. The van der Waals surface area contributed by atoms with Crippen molar-refractivity contribution >= 4 is 46.6 Å². The van der Waals surface area contributed by atoms with Crippen LogP contribution in [0.2, 0.25) is 0 Å². The number of carbonyl (C=O) groups excluding carboxylic acids is 4. The molecule has 5 rings (SSSR count).